The number of hydrogen-bond donors (Lipinski definition) is 1. The van der Waals surface area contributed by atoms with Gasteiger partial charge in [0, 0.05) is 30.4 Å². The van der Waals surface area contributed by atoms with Crippen LogP contribution in [0.25, 0.3) is 11.4 Å². The largest absolute Gasteiger partial charge is 0.351 e. The van der Waals surface area contributed by atoms with Crippen molar-refractivity contribution in [2.24, 2.45) is 5.92 Å². The number of carbonyl (C=O) groups is 1. The number of benzene rings is 2. The van der Waals surface area contributed by atoms with E-state index in [1.54, 1.807) is 12.4 Å². The molecule has 1 atom stereocenters. The van der Waals surface area contributed by atoms with Gasteiger partial charge in [-0.15, -0.1) is 0 Å². The van der Waals surface area contributed by atoms with Crippen LogP contribution in [0.5, 0.6) is 0 Å². The Labute approximate surface area is 154 Å². The van der Waals surface area contributed by atoms with Crippen LogP contribution in [0.4, 0.5) is 0 Å². The lowest BCUT2D eigenvalue weighted by Crippen LogP contribution is -2.30. The zero-order chi connectivity index (χ0) is 18.4. The first-order chi connectivity index (χ1) is 12.6. The highest BCUT2D eigenvalue weighted by Crippen LogP contribution is 2.23. The monoisotopic (exact) mass is 345 g/mol. The maximum Gasteiger partial charge on any atom is 0.254 e. The number of nitrogens with zero attached hydrogens (tertiary/aromatic N) is 2. The van der Waals surface area contributed by atoms with E-state index >= 15 is 0 Å². The van der Waals surface area contributed by atoms with E-state index in [0.717, 1.165) is 5.56 Å². The fourth-order valence-corrected chi connectivity index (χ4v) is 2.92. The lowest BCUT2D eigenvalue weighted by molar-refractivity contribution is 0.0948. The Bertz CT molecular complexity index is 830. The third-order valence-corrected chi connectivity index (χ3v) is 4.46. The zero-order valence-corrected chi connectivity index (χ0v) is 15.1. The van der Waals surface area contributed by atoms with E-state index in [9.17, 15) is 4.79 Å². The predicted molar refractivity (Wildman–Crippen MR) is 104 cm³/mol. The molecule has 1 amide bonds. The Morgan fingerprint density at radius 2 is 1.50 bits per heavy atom. The highest BCUT2D eigenvalue weighted by Gasteiger charge is 2.17. The van der Waals surface area contributed by atoms with E-state index in [1.165, 1.54) is 5.56 Å². The molecule has 4 nitrogen and oxygen atoms in total. The van der Waals surface area contributed by atoms with Crippen molar-refractivity contribution in [3.05, 3.63) is 84.2 Å². The van der Waals surface area contributed by atoms with Crippen molar-refractivity contribution in [3.63, 3.8) is 0 Å². The fraction of sp³-hybridized carbons (Fsp3) is 0.227. The van der Waals surface area contributed by atoms with Crippen molar-refractivity contribution >= 4 is 5.91 Å². The smallest absolute Gasteiger partial charge is 0.254 e. The summed E-state index contributed by atoms with van der Waals surface area (Å²) in [4.78, 5) is 21.1. The summed E-state index contributed by atoms with van der Waals surface area (Å²) < 4.78 is 0. The lowest BCUT2D eigenvalue weighted by atomic mass is 9.88. The van der Waals surface area contributed by atoms with E-state index in [4.69, 9.17) is 0 Å². The lowest BCUT2D eigenvalue weighted by Gasteiger charge is -2.21. The second-order valence-corrected chi connectivity index (χ2v) is 6.63. The quantitative estimate of drug-likeness (QED) is 0.724. The molecular formula is C22H23N3O. The van der Waals surface area contributed by atoms with Crippen molar-refractivity contribution in [1.29, 1.82) is 0 Å². The predicted octanol–water partition coefficient (Wildman–Crippen LogP) is 4.31. The van der Waals surface area contributed by atoms with Crippen molar-refractivity contribution in [2.75, 3.05) is 6.54 Å². The van der Waals surface area contributed by atoms with Crippen LogP contribution < -0.4 is 5.32 Å². The zero-order valence-electron chi connectivity index (χ0n) is 15.1. The second kappa shape index (κ2) is 8.39. The molecule has 0 aliphatic rings. The third kappa shape index (κ3) is 4.33. The number of nitrogens with one attached hydrogen (secondary N) is 1. The number of amides is 1. The van der Waals surface area contributed by atoms with Gasteiger partial charge in [0.25, 0.3) is 5.91 Å². The molecule has 26 heavy (non-hydrogen) atoms. The minimum absolute atomic E-state index is 0.147. The highest BCUT2D eigenvalue weighted by atomic mass is 16.1. The van der Waals surface area contributed by atoms with Gasteiger partial charge in [-0.05, 0) is 11.5 Å². The molecule has 3 rings (SSSR count). The van der Waals surface area contributed by atoms with Crippen LogP contribution in [-0.2, 0) is 0 Å². The maximum absolute atomic E-state index is 12.5. The van der Waals surface area contributed by atoms with Gasteiger partial charge in [0.1, 0.15) is 0 Å². The van der Waals surface area contributed by atoms with Gasteiger partial charge in [0.05, 0.1) is 5.56 Å². The second-order valence-electron chi connectivity index (χ2n) is 6.63. The summed E-state index contributed by atoms with van der Waals surface area (Å²) >= 11 is 0. The van der Waals surface area contributed by atoms with Crippen molar-refractivity contribution in [2.45, 2.75) is 19.8 Å². The van der Waals surface area contributed by atoms with E-state index in [1.807, 2.05) is 48.5 Å². The van der Waals surface area contributed by atoms with Crippen LogP contribution in [0.1, 0.15) is 35.7 Å². The molecule has 0 radical (unpaired) electrons. The number of carbonyl (C=O) groups excluding carboxylic acids is 1. The first-order valence-corrected chi connectivity index (χ1v) is 8.85. The minimum atomic E-state index is -0.147. The van der Waals surface area contributed by atoms with E-state index in [0.29, 0.717) is 23.9 Å². The average Bonchev–Trinajstić information content (AvgIpc) is 2.69. The van der Waals surface area contributed by atoms with Crippen molar-refractivity contribution in [1.82, 2.24) is 15.3 Å². The summed E-state index contributed by atoms with van der Waals surface area (Å²) in [7, 11) is 0. The standard InChI is InChI=1S/C22H23N3O/c1-16(2)20(17-9-5-3-6-10-17)15-25-22(26)19-13-23-21(24-14-19)18-11-7-4-8-12-18/h3-14,16,20H,15H2,1-2H3,(H,25,26). The Balaban J connectivity index is 1.66. The van der Waals surface area contributed by atoms with Gasteiger partial charge in [-0.25, -0.2) is 9.97 Å². The molecule has 0 saturated heterocycles. The Morgan fingerprint density at radius 3 is 2.08 bits per heavy atom. The highest BCUT2D eigenvalue weighted by molar-refractivity contribution is 5.93. The molecule has 1 heterocycles. The van der Waals surface area contributed by atoms with Gasteiger partial charge in [0.15, 0.2) is 5.82 Å². The van der Waals surface area contributed by atoms with Gasteiger partial charge in [-0.3, -0.25) is 4.79 Å². The molecule has 0 bridgehead atoms. The first-order valence-electron chi connectivity index (χ1n) is 8.85. The molecule has 1 N–H and O–H groups in total. The van der Waals surface area contributed by atoms with Gasteiger partial charge in [-0.2, -0.15) is 0 Å². The van der Waals surface area contributed by atoms with Crippen LogP contribution in [0, 0.1) is 5.92 Å². The normalized spacial score (nSPS) is 12.0. The molecule has 2 aromatic carbocycles. The Kier molecular flexibility index (Phi) is 5.74. The molecule has 132 valence electrons. The van der Waals surface area contributed by atoms with Gasteiger partial charge >= 0.3 is 0 Å². The van der Waals surface area contributed by atoms with Crippen LogP contribution in [0.15, 0.2) is 73.1 Å². The minimum Gasteiger partial charge on any atom is -0.351 e. The number of rotatable bonds is 6. The number of hydrogen-bond acceptors (Lipinski definition) is 3. The van der Waals surface area contributed by atoms with Crippen LogP contribution in [-0.4, -0.2) is 22.4 Å². The third-order valence-electron chi connectivity index (χ3n) is 4.46. The summed E-state index contributed by atoms with van der Waals surface area (Å²) in [5, 5.41) is 3.02. The molecule has 3 aromatic rings. The molecule has 0 aliphatic heterocycles. The molecule has 0 fully saturated rings. The van der Waals surface area contributed by atoms with Crippen LogP contribution in [0.3, 0.4) is 0 Å². The van der Waals surface area contributed by atoms with Crippen LogP contribution in [0.2, 0.25) is 0 Å². The molecule has 0 aliphatic carbocycles. The van der Waals surface area contributed by atoms with E-state index < -0.39 is 0 Å². The van der Waals surface area contributed by atoms with Crippen molar-refractivity contribution in [3.8, 4) is 11.4 Å². The molecule has 0 spiro atoms. The van der Waals surface area contributed by atoms with E-state index in [-0.39, 0.29) is 11.8 Å². The SMILES string of the molecule is CC(C)C(CNC(=O)c1cnc(-c2ccccc2)nc1)c1ccccc1. The molecule has 4 heteroatoms. The maximum atomic E-state index is 12.5. The van der Waals surface area contributed by atoms with Gasteiger partial charge < -0.3 is 5.32 Å². The molecule has 0 saturated carbocycles. The number of aromatic nitrogens is 2. The summed E-state index contributed by atoms with van der Waals surface area (Å²) in [5.74, 6) is 1.16. The van der Waals surface area contributed by atoms with Crippen molar-refractivity contribution < 1.29 is 4.79 Å². The molecular weight excluding hydrogens is 322 g/mol. The topological polar surface area (TPSA) is 54.9 Å². The van der Waals surface area contributed by atoms with Crippen LogP contribution >= 0.6 is 0 Å². The van der Waals surface area contributed by atoms with Gasteiger partial charge in [0.2, 0.25) is 0 Å². The molecule has 1 aromatic heterocycles. The summed E-state index contributed by atoms with van der Waals surface area (Å²) in [6, 6.07) is 20.0. The Hall–Kier alpha value is -3.01. The fourth-order valence-electron chi connectivity index (χ4n) is 2.92. The summed E-state index contributed by atoms with van der Waals surface area (Å²) in [6.45, 7) is 4.92. The summed E-state index contributed by atoms with van der Waals surface area (Å²) in [6.07, 6.45) is 3.16. The van der Waals surface area contributed by atoms with Gasteiger partial charge in [-0.1, -0.05) is 74.5 Å². The Morgan fingerprint density at radius 1 is 0.923 bits per heavy atom. The summed E-state index contributed by atoms with van der Waals surface area (Å²) in [5.41, 5.74) is 2.64. The average molecular weight is 345 g/mol. The molecule has 1 unspecified atom stereocenters. The van der Waals surface area contributed by atoms with E-state index in [2.05, 4.69) is 41.3 Å². The first kappa shape index (κ1) is 17.8.